The standard InChI is InChI=1S/C41H55N3O6/c1-3-5-6-7-8-9-10-11-12-13-14-15-16-25-37(45)50-34-26-36(44-28-29(4-2)39(46)43-41(44)48)49-35(34)27-42-40(47)38-32-23-19-17-21-30(32)31-22-18-20-24-33(31)38/h17-24,28,34-36,38H,3-16,25-27H2,1-2H3,(H,42,47)(H,43,46,48)/t34-,35+,36+/m0/s1. The lowest BCUT2D eigenvalue weighted by Gasteiger charge is -2.21. The minimum atomic E-state index is -0.756. The van der Waals surface area contributed by atoms with E-state index in [2.05, 4.69) is 17.2 Å². The van der Waals surface area contributed by atoms with Gasteiger partial charge in [0.25, 0.3) is 5.56 Å². The number of H-pyrrole nitrogens is 1. The second-order valence-corrected chi connectivity index (χ2v) is 13.9. The molecule has 3 atom stereocenters. The Bertz CT molecular complexity index is 1630. The van der Waals surface area contributed by atoms with Crippen molar-refractivity contribution in [2.24, 2.45) is 0 Å². The normalized spacial score (nSPS) is 18.2. The third-order valence-electron chi connectivity index (χ3n) is 10.3. The van der Waals surface area contributed by atoms with Crippen LogP contribution in [0.3, 0.4) is 0 Å². The van der Waals surface area contributed by atoms with Gasteiger partial charge in [0.15, 0.2) is 0 Å². The van der Waals surface area contributed by atoms with E-state index in [4.69, 9.17) is 9.47 Å². The lowest BCUT2D eigenvalue weighted by molar-refractivity contribution is -0.152. The van der Waals surface area contributed by atoms with Gasteiger partial charge in [-0.25, -0.2) is 4.79 Å². The molecule has 9 heteroatoms. The zero-order valence-corrected chi connectivity index (χ0v) is 29.9. The van der Waals surface area contributed by atoms with E-state index < -0.39 is 35.6 Å². The first-order valence-electron chi connectivity index (χ1n) is 19.1. The van der Waals surface area contributed by atoms with Gasteiger partial charge in [0.05, 0.1) is 5.92 Å². The molecule has 0 bridgehead atoms. The Hall–Kier alpha value is -3.98. The highest BCUT2D eigenvalue weighted by atomic mass is 16.6. The van der Waals surface area contributed by atoms with Gasteiger partial charge in [-0.2, -0.15) is 0 Å². The zero-order chi connectivity index (χ0) is 35.3. The minimum Gasteiger partial charge on any atom is -0.459 e. The van der Waals surface area contributed by atoms with Crippen LogP contribution in [0.2, 0.25) is 0 Å². The average molecular weight is 686 g/mol. The van der Waals surface area contributed by atoms with Gasteiger partial charge in [-0.15, -0.1) is 0 Å². The van der Waals surface area contributed by atoms with Crippen molar-refractivity contribution >= 4 is 11.9 Å². The maximum Gasteiger partial charge on any atom is 0.330 e. The number of esters is 1. The molecular weight excluding hydrogens is 630 g/mol. The first-order chi connectivity index (χ1) is 24.4. The fraction of sp³-hybridized carbons (Fsp3) is 0.561. The number of carbonyl (C=O) groups is 2. The summed E-state index contributed by atoms with van der Waals surface area (Å²) in [5, 5.41) is 3.07. The molecule has 1 fully saturated rings. The molecule has 0 unspecified atom stereocenters. The lowest BCUT2D eigenvalue weighted by Crippen LogP contribution is -2.40. The summed E-state index contributed by atoms with van der Waals surface area (Å²) < 4.78 is 13.6. The predicted octanol–water partition coefficient (Wildman–Crippen LogP) is 7.71. The highest BCUT2D eigenvalue weighted by Gasteiger charge is 2.41. The number of carbonyl (C=O) groups excluding carboxylic acids is 2. The average Bonchev–Trinajstić information content (AvgIpc) is 3.67. The number of aromatic amines is 1. The Labute approximate surface area is 296 Å². The van der Waals surface area contributed by atoms with Crippen molar-refractivity contribution in [3.05, 3.63) is 92.3 Å². The molecule has 9 nitrogen and oxygen atoms in total. The van der Waals surface area contributed by atoms with Crippen molar-refractivity contribution in [2.75, 3.05) is 6.54 Å². The van der Waals surface area contributed by atoms with Crippen LogP contribution in [0.25, 0.3) is 11.1 Å². The summed E-state index contributed by atoms with van der Waals surface area (Å²) in [7, 11) is 0. The second kappa shape index (κ2) is 18.9. The molecular formula is C41H55N3O6. The van der Waals surface area contributed by atoms with Gasteiger partial charge in [0, 0.05) is 31.1 Å². The Kier molecular flexibility index (Phi) is 14.1. The maximum absolute atomic E-state index is 13.8. The number of rotatable bonds is 20. The number of unbranched alkanes of at least 4 members (excludes halogenated alkanes) is 12. The van der Waals surface area contributed by atoms with Crippen LogP contribution in [-0.4, -0.2) is 40.2 Å². The van der Waals surface area contributed by atoms with E-state index in [-0.39, 0.29) is 24.8 Å². The van der Waals surface area contributed by atoms with Gasteiger partial charge < -0.3 is 14.8 Å². The quantitative estimate of drug-likeness (QED) is 0.0929. The molecule has 2 N–H and O–H groups in total. The Morgan fingerprint density at radius 2 is 1.38 bits per heavy atom. The molecule has 2 aromatic carbocycles. The molecule has 1 aliphatic heterocycles. The maximum atomic E-state index is 13.8. The Morgan fingerprint density at radius 3 is 1.96 bits per heavy atom. The van der Waals surface area contributed by atoms with Crippen molar-refractivity contribution < 1.29 is 19.1 Å². The van der Waals surface area contributed by atoms with E-state index in [1.54, 1.807) is 0 Å². The molecule has 1 aliphatic carbocycles. The van der Waals surface area contributed by atoms with Gasteiger partial charge in [-0.1, -0.05) is 139 Å². The van der Waals surface area contributed by atoms with E-state index in [1.807, 2.05) is 55.5 Å². The lowest BCUT2D eigenvalue weighted by atomic mass is 9.96. The molecule has 270 valence electrons. The topological polar surface area (TPSA) is 119 Å². The fourth-order valence-corrected chi connectivity index (χ4v) is 7.43. The number of hydrogen-bond donors (Lipinski definition) is 2. The SMILES string of the molecule is CCCCCCCCCCCCCCCC(=O)O[C@H]1C[C@H](n2cc(CC)c(=O)[nH]c2=O)O[C@@H]1CNC(=O)C1c2ccccc2-c2ccccc21. The van der Waals surface area contributed by atoms with Crippen LogP contribution in [-0.2, 0) is 25.5 Å². The van der Waals surface area contributed by atoms with Crippen molar-refractivity contribution in [3.8, 4) is 11.1 Å². The number of benzene rings is 2. The highest BCUT2D eigenvalue weighted by molar-refractivity contribution is 5.96. The molecule has 3 aromatic rings. The number of amides is 1. The summed E-state index contributed by atoms with van der Waals surface area (Å²) >= 11 is 0. The predicted molar refractivity (Wildman–Crippen MR) is 196 cm³/mol. The molecule has 0 radical (unpaired) electrons. The molecule has 1 saturated heterocycles. The van der Waals surface area contributed by atoms with Gasteiger partial charge in [-0.05, 0) is 35.1 Å². The highest BCUT2D eigenvalue weighted by Crippen LogP contribution is 2.44. The number of ether oxygens (including phenoxy) is 2. The molecule has 1 aromatic heterocycles. The summed E-state index contributed by atoms with van der Waals surface area (Å²) in [6.07, 6.45) is 16.4. The summed E-state index contributed by atoms with van der Waals surface area (Å²) in [6.45, 7) is 4.20. The fourth-order valence-electron chi connectivity index (χ4n) is 7.43. The minimum absolute atomic E-state index is 0.103. The van der Waals surface area contributed by atoms with Crippen molar-refractivity contribution in [3.63, 3.8) is 0 Å². The van der Waals surface area contributed by atoms with E-state index in [0.29, 0.717) is 18.4 Å². The number of hydrogen-bond acceptors (Lipinski definition) is 6. The van der Waals surface area contributed by atoms with Crippen LogP contribution in [0, 0.1) is 0 Å². The van der Waals surface area contributed by atoms with Gasteiger partial charge in [0.1, 0.15) is 18.4 Å². The van der Waals surface area contributed by atoms with Crippen LogP contribution in [0.15, 0.2) is 64.3 Å². The third kappa shape index (κ3) is 9.62. The number of nitrogens with zero attached hydrogens (tertiary/aromatic N) is 1. The summed E-state index contributed by atoms with van der Waals surface area (Å²) in [4.78, 5) is 54.2. The van der Waals surface area contributed by atoms with E-state index in [9.17, 15) is 19.2 Å². The Balaban J connectivity index is 1.14. The zero-order valence-electron chi connectivity index (χ0n) is 29.9. The van der Waals surface area contributed by atoms with Crippen LogP contribution in [0.1, 0.15) is 139 Å². The molecule has 0 saturated carbocycles. The summed E-state index contributed by atoms with van der Waals surface area (Å²) in [6, 6.07) is 15.9. The van der Waals surface area contributed by atoms with Crippen molar-refractivity contribution in [2.45, 2.75) is 141 Å². The first kappa shape index (κ1) is 37.3. The summed E-state index contributed by atoms with van der Waals surface area (Å²) in [5.74, 6) is -0.939. The smallest absolute Gasteiger partial charge is 0.330 e. The van der Waals surface area contributed by atoms with Crippen LogP contribution in [0.4, 0.5) is 0 Å². The van der Waals surface area contributed by atoms with E-state index in [0.717, 1.165) is 41.5 Å². The molecule has 50 heavy (non-hydrogen) atoms. The number of fused-ring (bicyclic) bond motifs is 3. The van der Waals surface area contributed by atoms with E-state index >= 15 is 0 Å². The number of aromatic nitrogens is 2. The molecule has 1 amide bonds. The van der Waals surface area contributed by atoms with Crippen LogP contribution < -0.4 is 16.6 Å². The summed E-state index contributed by atoms with van der Waals surface area (Å²) in [5.41, 5.74) is 3.44. The largest absolute Gasteiger partial charge is 0.459 e. The van der Waals surface area contributed by atoms with E-state index in [1.165, 1.54) is 75.0 Å². The molecule has 0 spiro atoms. The van der Waals surface area contributed by atoms with Gasteiger partial charge in [-0.3, -0.25) is 23.9 Å². The molecule has 2 heterocycles. The van der Waals surface area contributed by atoms with Crippen LogP contribution in [0.5, 0.6) is 0 Å². The van der Waals surface area contributed by atoms with Crippen molar-refractivity contribution in [1.29, 1.82) is 0 Å². The van der Waals surface area contributed by atoms with Crippen LogP contribution >= 0.6 is 0 Å². The van der Waals surface area contributed by atoms with Gasteiger partial charge >= 0.3 is 11.7 Å². The van der Waals surface area contributed by atoms with Crippen molar-refractivity contribution in [1.82, 2.24) is 14.9 Å². The number of nitrogens with one attached hydrogen (secondary N) is 2. The second-order valence-electron chi connectivity index (χ2n) is 13.9. The number of aryl methyl sites for hydroxylation is 1. The van der Waals surface area contributed by atoms with Gasteiger partial charge in [0.2, 0.25) is 5.91 Å². The monoisotopic (exact) mass is 685 g/mol. The third-order valence-corrected chi connectivity index (χ3v) is 10.3. The first-order valence-corrected chi connectivity index (χ1v) is 19.1. The Morgan fingerprint density at radius 1 is 0.820 bits per heavy atom. The molecule has 2 aliphatic rings. The molecule has 5 rings (SSSR count).